The second kappa shape index (κ2) is 4.49. The minimum absolute atomic E-state index is 0.0512. The topological polar surface area (TPSA) is 105 Å². The van der Waals surface area contributed by atoms with E-state index in [9.17, 15) is 13.2 Å². The molecule has 2 N–H and O–H groups in total. The highest BCUT2D eigenvalue weighted by molar-refractivity contribution is 7.92. The third-order valence-electron chi connectivity index (χ3n) is 2.66. The third kappa shape index (κ3) is 2.28. The number of anilines is 1. The number of pyridine rings is 1. The molecule has 3 rings (SSSR count). The second-order valence-electron chi connectivity index (χ2n) is 4.01. The number of rotatable bonds is 3. The summed E-state index contributed by atoms with van der Waals surface area (Å²) in [5.74, 6) is 0. The maximum Gasteiger partial charge on any atom is 0.308 e. The van der Waals surface area contributed by atoms with Gasteiger partial charge in [-0.25, -0.2) is 18.1 Å². The van der Waals surface area contributed by atoms with Crippen LogP contribution >= 0.6 is 0 Å². The Balaban J connectivity index is 2.05. The standard InChI is InChI=1S/C12H9N3O4S/c16-11-4-1-8-7-9(2-3-10(8)14-11)20(17,18)15-12-13-5-6-19-12/h1-7H,(H,13,15)(H,14,16). The molecule has 20 heavy (non-hydrogen) atoms. The third-order valence-corrected chi connectivity index (χ3v) is 3.98. The van der Waals surface area contributed by atoms with Crippen molar-refractivity contribution in [2.75, 3.05) is 4.72 Å². The smallest absolute Gasteiger partial charge is 0.308 e. The van der Waals surface area contributed by atoms with Crippen LogP contribution in [0.1, 0.15) is 0 Å². The van der Waals surface area contributed by atoms with Crippen LogP contribution in [0.3, 0.4) is 0 Å². The van der Waals surface area contributed by atoms with Crippen LogP contribution in [0.2, 0.25) is 0 Å². The molecule has 1 aromatic carbocycles. The highest BCUT2D eigenvalue weighted by Crippen LogP contribution is 2.18. The number of hydrogen-bond donors (Lipinski definition) is 2. The van der Waals surface area contributed by atoms with Gasteiger partial charge in [0.25, 0.3) is 10.0 Å². The molecule has 102 valence electrons. The molecular formula is C12H9N3O4S. The first-order valence-corrected chi connectivity index (χ1v) is 7.08. The molecule has 0 radical (unpaired) electrons. The van der Waals surface area contributed by atoms with E-state index in [0.29, 0.717) is 10.9 Å². The number of aromatic nitrogens is 2. The minimum atomic E-state index is -3.78. The Hall–Kier alpha value is -2.61. The van der Waals surface area contributed by atoms with Crippen LogP contribution in [0.4, 0.5) is 6.01 Å². The van der Waals surface area contributed by atoms with Gasteiger partial charge in [-0.15, -0.1) is 0 Å². The van der Waals surface area contributed by atoms with Crippen molar-refractivity contribution in [2.24, 2.45) is 0 Å². The zero-order valence-corrected chi connectivity index (χ0v) is 10.8. The monoisotopic (exact) mass is 291 g/mol. The van der Waals surface area contributed by atoms with Gasteiger partial charge in [-0.2, -0.15) is 0 Å². The first-order valence-electron chi connectivity index (χ1n) is 5.60. The number of hydrogen-bond acceptors (Lipinski definition) is 5. The number of H-pyrrole nitrogens is 1. The Bertz CT molecular complexity index is 913. The van der Waals surface area contributed by atoms with Crippen LogP contribution in [0, 0.1) is 0 Å². The molecule has 7 nitrogen and oxygen atoms in total. The first kappa shape index (κ1) is 12.4. The van der Waals surface area contributed by atoms with Crippen LogP contribution in [-0.2, 0) is 10.0 Å². The summed E-state index contributed by atoms with van der Waals surface area (Å²) in [6, 6.07) is 7.16. The maximum absolute atomic E-state index is 12.1. The molecule has 0 saturated carbocycles. The highest BCUT2D eigenvalue weighted by Gasteiger charge is 2.16. The van der Waals surface area contributed by atoms with Gasteiger partial charge >= 0.3 is 6.01 Å². The van der Waals surface area contributed by atoms with Crippen molar-refractivity contribution in [1.29, 1.82) is 0 Å². The van der Waals surface area contributed by atoms with Gasteiger partial charge in [0.2, 0.25) is 5.56 Å². The predicted molar refractivity (Wildman–Crippen MR) is 71.9 cm³/mol. The van der Waals surface area contributed by atoms with Gasteiger partial charge in [0.1, 0.15) is 6.26 Å². The van der Waals surface area contributed by atoms with Crippen LogP contribution in [-0.4, -0.2) is 18.4 Å². The van der Waals surface area contributed by atoms with E-state index in [-0.39, 0.29) is 16.5 Å². The summed E-state index contributed by atoms with van der Waals surface area (Å²) in [7, 11) is -3.78. The van der Waals surface area contributed by atoms with Crippen LogP contribution in [0.5, 0.6) is 0 Å². The SMILES string of the molecule is O=c1ccc2cc(S(=O)(=O)Nc3ncco3)ccc2[nH]1. The lowest BCUT2D eigenvalue weighted by Crippen LogP contribution is -2.13. The van der Waals surface area contributed by atoms with E-state index < -0.39 is 10.0 Å². The fraction of sp³-hybridized carbons (Fsp3) is 0. The lowest BCUT2D eigenvalue weighted by atomic mass is 10.2. The molecule has 0 unspecified atom stereocenters. The number of nitrogens with one attached hydrogen (secondary N) is 2. The van der Waals surface area contributed by atoms with E-state index in [0.717, 1.165) is 0 Å². The van der Waals surface area contributed by atoms with Crippen molar-refractivity contribution < 1.29 is 12.8 Å². The van der Waals surface area contributed by atoms with Crippen LogP contribution < -0.4 is 10.3 Å². The van der Waals surface area contributed by atoms with Gasteiger partial charge in [-0.05, 0) is 29.7 Å². The van der Waals surface area contributed by atoms with E-state index in [4.69, 9.17) is 4.42 Å². The average Bonchev–Trinajstić information content (AvgIpc) is 2.90. The van der Waals surface area contributed by atoms with Gasteiger partial charge in [0, 0.05) is 11.6 Å². The molecule has 2 aromatic heterocycles. The normalized spacial score (nSPS) is 11.6. The fourth-order valence-electron chi connectivity index (χ4n) is 1.75. The van der Waals surface area contributed by atoms with E-state index >= 15 is 0 Å². The van der Waals surface area contributed by atoms with Crippen LogP contribution in [0.15, 0.2) is 56.9 Å². The molecule has 0 aliphatic carbocycles. The summed E-state index contributed by atoms with van der Waals surface area (Å²) in [6.45, 7) is 0. The van der Waals surface area contributed by atoms with Gasteiger partial charge in [0.15, 0.2) is 0 Å². The number of nitrogens with zero attached hydrogens (tertiary/aromatic N) is 1. The highest BCUT2D eigenvalue weighted by atomic mass is 32.2. The zero-order chi connectivity index (χ0) is 14.2. The van der Waals surface area contributed by atoms with Crippen molar-refractivity contribution in [3.63, 3.8) is 0 Å². The molecule has 0 spiro atoms. The summed E-state index contributed by atoms with van der Waals surface area (Å²) in [5.41, 5.74) is 0.318. The quantitative estimate of drug-likeness (QED) is 0.757. The maximum atomic E-state index is 12.1. The molecular weight excluding hydrogens is 282 g/mol. The lowest BCUT2D eigenvalue weighted by molar-refractivity contribution is 0.570. The summed E-state index contributed by atoms with van der Waals surface area (Å²) in [6.07, 6.45) is 2.60. The van der Waals surface area contributed by atoms with Crippen molar-refractivity contribution in [2.45, 2.75) is 4.90 Å². The summed E-state index contributed by atoms with van der Waals surface area (Å²) in [4.78, 5) is 17.5. The van der Waals surface area contributed by atoms with Crippen molar-refractivity contribution >= 4 is 26.9 Å². The van der Waals surface area contributed by atoms with Gasteiger partial charge in [-0.3, -0.25) is 4.79 Å². The predicted octanol–water partition coefficient (Wildman–Crippen LogP) is 1.32. The zero-order valence-electron chi connectivity index (χ0n) is 10.0. The Morgan fingerprint density at radius 3 is 2.80 bits per heavy atom. The lowest BCUT2D eigenvalue weighted by Gasteiger charge is -2.05. The largest absolute Gasteiger partial charge is 0.432 e. The molecule has 3 aromatic rings. The number of sulfonamides is 1. The molecule has 0 bridgehead atoms. The summed E-state index contributed by atoms with van der Waals surface area (Å²) in [5, 5.41) is 0.611. The van der Waals surface area contributed by atoms with Crippen molar-refractivity contribution in [3.8, 4) is 0 Å². The molecule has 0 saturated heterocycles. The molecule has 0 fully saturated rings. The van der Waals surface area contributed by atoms with Crippen LogP contribution in [0.25, 0.3) is 10.9 Å². The average molecular weight is 291 g/mol. The fourth-order valence-corrected chi connectivity index (χ4v) is 2.73. The summed E-state index contributed by atoms with van der Waals surface area (Å²) < 4.78 is 31.3. The molecule has 0 amide bonds. The molecule has 2 heterocycles. The Morgan fingerprint density at radius 1 is 1.20 bits per heavy atom. The van der Waals surface area contributed by atoms with Gasteiger partial charge in [-0.1, -0.05) is 0 Å². The van der Waals surface area contributed by atoms with E-state index in [1.54, 1.807) is 6.07 Å². The first-order chi connectivity index (χ1) is 9.54. The number of aromatic amines is 1. The van der Waals surface area contributed by atoms with Gasteiger partial charge < -0.3 is 9.40 Å². The Labute approximate surface area is 113 Å². The van der Waals surface area contributed by atoms with Gasteiger partial charge in [0.05, 0.1) is 11.1 Å². The number of fused-ring (bicyclic) bond motifs is 1. The second-order valence-corrected chi connectivity index (χ2v) is 5.70. The van der Waals surface area contributed by atoms with Crippen molar-refractivity contribution in [1.82, 2.24) is 9.97 Å². The minimum Gasteiger partial charge on any atom is -0.432 e. The molecule has 0 atom stereocenters. The van der Waals surface area contributed by atoms with Crippen molar-refractivity contribution in [3.05, 3.63) is 53.1 Å². The van der Waals surface area contributed by atoms with E-state index in [1.807, 2.05) is 0 Å². The molecule has 0 aliphatic heterocycles. The number of oxazole rings is 1. The van der Waals surface area contributed by atoms with E-state index in [2.05, 4.69) is 14.7 Å². The summed E-state index contributed by atoms with van der Waals surface area (Å²) >= 11 is 0. The Kier molecular flexibility index (Phi) is 2.79. The Morgan fingerprint density at radius 2 is 2.05 bits per heavy atom. The van der Waals surface area contributed by atoms with E-state index in [1.165, 1.54) is 36.7 Å². The number of benzene rings is 1. The molecule has 0 aliphatic rings. The molecule has 8 heteroatoms.